The van der Waals surface area contributed by atoms with E-state index >= 15 is 0 Å². The fourth-order valence-corrected chi connectivity index (χ4v) is 2.30. The second kappa shape index (κ2) is 8.96. The molecule has 0 spiro atoms. The van der Waals surface area contributed by atoms with Gasteiger partial charge in [0, 0.05) is 11.6 Å². The minimum absolute atomic E-state index is 0.352. The van der Waals surface area contributed by atoms with E-state index in [1.54, 1.807) is 6.07 Å². The third-order valence-corrected chi connectivity index (χ3v) is 3.24. The van der Waals surface area contributed by atoms with Crippen LogP contribution in [0.5, 0.6) is 17.2 Å². The molecule has 0 aliphatic carbocycles. The van der Waals surface area contributed by atoms with Crippen LogP contribution in [0.3, 0.4) is 0 Å². The number of nitrogens with zero attached hydrogens (tertiary/aromatic N) is 2. The molecular weight excluding hydrogens is 437 g/mol. The van der Waals surface area contributed by atoms with Crippen molar-refractivity contribution >= 4 is 13.5 Å². The molecule has 2 aromatic rings. The normalized spacial score (nSPS) is 13.1. The van der Waals surface area contributed by atoms with Crippen LogP contribution in [0.25, 0.3) is 16.1 Å². The molecule has 0 aliphatic rings. The predicted molar refractivity (Wildman–Crippen MR) is 104 cm³/mol. The molecule has 30 heavy (non-hydrogen) atoms. The van der Waals surface area contributed by atoms with Crippen LogP contribution in [-0.4, -0.2) is 19.8 Å². The van der Waals surface area contributed by atoms with E-state index in [-0.39, 0.29) is 0 Å². The summed E-state index contributed by atoms with van der Waals surface area (Å²) in [6.45, 7) is 7.38. The molecule has 5 nitrogen and oxygen atoms in total. The molecule has 0 aliphatic heterocycles. The zero-order valence-corrected chi connectivity index (χ0v) is 17.3. The van der Waals surface area contributed by atoms with E-state index in [0.717, 1.165) is 16.9 Å². The molecule has 0 N–H and O–H groups in total. The average molecular weight is 458 g/mol. The number of benzene rings is 2. The van der Waals surface area contributed by atoms with E-state index < -0.39 is 7.81 Å². The van der Waals surface area contributed by atoms with Gasteiger partial charge in [-0.05, 0) is 38.5 Å². The van der Waals surface area contributed by atoms with E-state index in [1.165, 1.54) is 0 Å². The molecule has 0 bridgehead atoms. The Morgan fingerprint density at radius 1 is 0.767 bits per heavy atom. The van der Waals surface area contributed by atoms with Gasteiger partial charge in [-0.15, -0.1) is 0 Å². The SMILES string of the molecule is CCOc1ccc(-c2cc(OCC)c([N+]#N)cc2OCC)cc1.F[P-](F)(F)(F)(F)F. The Hall–Kier alpha value is -2.73. The summed E-state index contributed by atoms with van der Waals surface area (Å²) in [5.74, 6) is 1.98. The monoisotopic (exact) mass is 458 g/mol. The summed E-state index contributed by atoms with van der Waals surface area (Å²) >= 11 is 0. The zero-order valence-electron chi connectivity index (χ0n) is 16.4. The minimum atomic E-state index is -10.7. The van der Waals surface area contributed by atoms with Crippen molar-refractivity contribution in [2.24, 2.45) is 0 Å². The van der Waals surface area contributed by atoms with Crippen molar-refractivity contribution in [1.29, 1.82) is 5.39 Å². The molecule has 0 saturated carbocycles. The van der Waals surface area contributed by atoms with Crippen LogP contribution in [0.4, 0.5) is 30.9 Å². The predicted octanol–water partition coefficient (Wildman–Crippen LogP) is 8.42. The number of halogens is 6. The summed E-state index contributed by atoms with van der Waals surface area (Å²) in [4.78, 5) is 3.28. The van der Waals surface area contributed by atoms with Gasteiger partial charge in [0.1, 0.15) is 11.5 Å². The molecule has 0 aromatic heterocycles. The van der Waals surface area contributed by atoms with Gasteiger partial charge in [0.25, 0.3) is 0 Å². The molecule has 2 rings (SSSR count). The van der Waals surface area contributed by atoms with Crippen molar-refractivity contribution in [3.05, 3.63) is 41.4 Å². The Labute approximate surface area is 169 Å². The van der Waals surface area contributed by atoms with Gasteiger partial charge in [0.2, 0.25) is 11.1 Å². The van der Waals surface area contributed by atoms with E-state index in [4.69, 9.17) is 19.6 Å². The number of diazo groups is 1. The molecular formula is C18H21F6N2O3P. The molecule has 0 fully saturated rings. The van der Waals surface area contributed by atoms with E-state index in [9.17, 15) is 25.2 Å². The second-order valence-electron chi connectivity index (χ2n) is 5.70. The molecule has 0 saturated heterocycles. The summed E-state index contributed by atoms with van der Waals surface area (Å²) in [7, 11) is -10.7. The van der Waals surface area contributed by atoms with Crippen LogP contribution in [0, 0.1) is 5.39 Å². The van der Waals surface area contributed by atoms with Gasteiger partial charge in [0.05, 0.1) is 25.9 Å². The Kier molecular flexibility index (Phi) is 7.56. The van der Waals surface area contributed by atoms with Gasteiger partial charge < -0.3 is 14.2 Å². The Balaban J connectivity index is 0.000000553. The molecule has 0 heterocycles. The van der Waals surface area contributed by atoms with Crippen LogP contribution in [-0.2, 0) is 0 Å². The molecule has 12 heteroatoms. The number of hydrogen-bond acceptors (Lipinski definition) is 4. The Morgan fingerprint density at radius 2 is 1.23 bits per heavy atom. The average Bonchev–Trinajstić information content (AvgIpc) is 2.61. The van der Waals surface area contributed by atoms with Gasteiger partial charge in [-0.3, -0.25) is 0 Å². The number of rotatable bonds is 7. The van der Waals surface area contributed by atoms with E-state index in [2.05, 4.69) is 4.98 Å². The number of hydrogen-bond donors (Lipinski definition) is 0. The molecule has 168 valence electrons. The van der Waals surface area contributed by atoms with Crippen molar-refractivity contribution in [3.63, 3.8) is 0 Å². The van der Waals surface area contributed by atoms with E-state index in [1.807, 2.05) is 51.1 Å². The maximum absolute atomic E-state index is 10.7. The first-order valence-corrected chi connectivity index (χ1v) is 10.8. The van der Waals surface area contributed by atoms with Crippen molar-refractivity contribution in [3.8, 4) is 28.4 Å². The summed E-state index contributed by atoms with van der Waals surface area (Å²) in [6, 6.07) is 11.3. The van der Waals surface area contributed by atoms with Gasteiger partial charge in [-0.1, -0.05) is 12.1 Å². The molecule has 0 atom stereocenters. The van der Waals surface area contributed by atoms with Crippen LogP contribution in [0.1, 0.15) is 20.8 Å². The fourth-order valence-electron chi connectivity index (χ4n) is 2.30. The molecule has 0 radical (unpaired) electrons. The van der Waals surface area contributed by atoms with Gasteiger partial charge in [0.15, 0.2) is 4.98 Å². The fraction of sp³-hybridized carbons (Fsp3) is 0.333. The molecule has 0 amide bonds. The summed E-state index contributed by atoms with van der Waals surface area (Å²) < 4.78 is 75.9. The van der Waals surface area contributed by atoms with Crippen LogP contribution in [0.15, 0.2) is 36.4 Å². The first-order valence-electron chi connectivity index (χ1n) is 8.76. The Morgan fingerprint density at radius 3 is 1.67 bits per heavy atom. The van der Waals surface area contributed by atoms with Crippen molar-refractivity contribution in [2.75, 3.05) is 19.8 Å². The van der Waals surface area contributed by atoms with Gasteiger partial charge in [-0.2, -0.15) is 0 Å². The Bertz CT molecular complexity index is 886. The summed E-state index contributed by atoms with van der Waals surface area (Å²) in [5, 5.41) is 9.17. The summed E-state index contributed by atoms with van der Waals surface area (Å²) in [6.07, 6.45) is 0. The first-order chi connectivity index (χ1) is 13.7. The maximum atomic E-state index is 9.87. The van der Waals surface area contributed by atoms with Crippen LogP contribution >= 0.6 is 7.81 Å². The second-order valence-corrected chi connectivity index (χ2v) is 7.61. The van der Waals surface area contributed by atoms with E-state index in [0.29, 0.717) is 37.0 Å². The standard InChI is InChI=1S/C18H21N2O3.F6P/c1-4-21-14-9-7-13(8-10-14)15-11-18(23-6-3)16(20-19)12-17(15)22-5-2;1-7(2,3,4,5)6/h7-12H,4-6H2,1-3H3;/q+1;-1. The van der Waals surface area contributed by atoms with Crippen molar-refractivity contribution in [2.45, 2.75) is 20.8 Å². The third kappa shape index (κ3) is 10.2. The number of ether oxygens (including phenoxy) is 3. The summed E-state index contributed by atoms with van der Waals surface area (Å²) in [5.41, 5.74) is 2.21. The van der Waals surface area contributed by atoms with Crippen LogP contribution in [0.2, 0.25) is 0 Å². The van der Waals surface area contributed by atoms with Crippen molar-refractivity contribution < 1.29 is 39.4 Å². The van der Waals surface area contributed by atoms with Gasteiger partial charge in [-0.25, -0.2) is 0 Å². The molecule has 0 unspecified atom stereocenters. The van der Waals surface area contributed by atoms with Gasteiger partial charge >= 0.3 is 38.7 Å². The quantitative estimate of drug-likeness (QED) is 0.237. The zero-order chi connectivity index (χ0) is 23.1. The topological polar surface area (TPSA) is 55.8 Å². The molecule has 2 aromatic carbocycles. The first kappa shape index (κ1) is 25.3. The third-order valence-electron chi connectivity index (χ3n) is 3.24. The van der Waals surface area contributed by atoms with Crippen LogP contribution < -0.4 is 14.2 Å². The van der Waals surface area contributed by atoms with Crippen molar-refractivity contribution in [1.82, 2.24) is 0 Å².